The maximum atomic E-state index is 13.2. The molecule has 1 N–H and O–H groups in total. The molecule has 0 fully saturated rings. The number of nitrogens with zero attached hydrogens (tertiary/aromatic N) is 1. The normalized spacial score (nSPS) is 10.7. The lowest BCUT2D eigenvalue weighted by atomic mass is 10.1. The van der Waals surface area contributed by atoms with Crippen LogP contribution in [0.15, 0.2) is 48.5 Å². The number of benzene rings is 2. The molecular weight excluding hydrogens is 350 g/mol. The number of ketones is 1. The number of aromatic nitrogens is 1. The zero-order chi connectivity index (χ0) is 18.0. The van der Waals surface area contributed by atoms with Crippen LogP contribution in [0.1, 0.15) is 20.7 Å². The van der Waals surface area contributed by atoms with Crippen LogP contribution in [0.3, 0.4) is 0 Å². The second-order valence-electron chi connectivity index (χ2n) is 5.28. The Morgan fingerprint density at radius 1 is 1.00 bits per heavy atom. The van der Waals surface area contributed by atoms with Gasteiger partial charge in [-0.3, -0.25) is 9.59 Å². The van der Waals surface area contributed by atoms with Gasteiger partial charge in [0.25, 0.3) is 5.91 Å². The maximum Gasteiger partial charge on any atom is 0.254 e. The largest absolute Gasteiger partial charge is 0.344 e. The molecule has 3 rings (SSSR count). The first-order valence-corrected chi connectivity index (χ1v) is 7.64. The summed E-state index contributed by atoms with van der Waals surface area (Å²) in [6, 6.07) is 10.4. The van der Waals surface area contributed by atoms with Crippen molar-refractivity contribution in [1.29, 1.82) is 0 Å². The molecular formula is C18H11ClF2N2O2. The van der Waals surface area contributed by atoms with Gasteiger partial charge in [-0.05, 0) is 42.5 Å². The highest BCUT2D eigenvalue weighted by Gasteiger charge is 2.15. The number of carbonyl (C=O) groups excluding carboxylic acids is 2. The number of carbonyl (C=O) groups is 2. The summed E-state index contributed by atoms with van der Waals surface area (Å²) >= 11 is 5.98. The summed E-state index contributed by atoms with van der Waals surface area (Å²) in [5, 5.41) is 2.90. The molecule has 0 saturated heterocycles. The zero-order valence-electron chi connectivity index (χ0n) is 12.7. The first-order valence-electron chi connectivity index (χ1n) is 7.27. The topological polar surface area (TPSA) is 59.1 Å². The van der Waals surface area contributed by atoms with E-state index in [4.69, 9.17) is 11.6 Å². The third-order valence-corrected chi connectivity index (χ3v) is 3.84. The van der Waals surface area contributed by atoms with Crippen molar-refractivity contribution in [2.75, 3.05) is 6.54 Å². The van der Waals surface area contributed by atoms with Crippen molar-refractivity contribution < 1.29 is 18.4 Å². The molecule has 1 aromatic heterocycles. The van der Waals surface area contributed by atoms with E-state index in [1.165, 1.54) is 36.4 Å². The summed E-state index contributed by atoms with van der Waals surface area (Å²) in [6.45, 7) is -0.276. The average molecular weight is 361 g/mol. The third-order valence-electron chi connectivity index (χ3n) is 3.55. The SMILES string of the molecule is O=C(CNC(=O)c1cc2ccc(F)cc2nc1Cl)c1ccc(F)cc1. The Morgan fingerprint density at radius 3 is 2.40 bits per heavy atom. The lowest BCUT2D eigenvalue weighted by Gasteiger charge is -2.08. The highest BCUT2D eigenvalue weighted by molar-refractivity contribution is 6.33. The van der Waals surface area contributed by atoms with E-state index < -0.39 is 17.5 Å². The number of nitrogens with one attached hydrogen (secondary N) is 1. The van der Waals surface area contributed by atoms with Crippen molar-refractivity contribution in [2.45, 2.75) is 0 Å². The van der Waals surface area contributed by atoms with Crippen LogP contribution in [-0.4, -0.2) is 23.2 Å². The predicted molar refractivity (Wildman–Crippen MR) is 89.8 cm³/mol. The van der Waals surface area contributed by atoms with E-state index in [2.05, 4.69) is 10.3 Å². The monoisotopic (exact) mass is 360 g/mol. The molecule has 0 unspecified atom stereocenters. The van der Waals surface area contributed by atoms with E-state index in [0.29, 0.717) is 10.9 Å². The number of hydrogen-bond donors (Lipinski definition) is 1. The van der Waals surface area contributed by atoms with E-state index in [-0.39, 0.29) is 28.6 Å². The van der Waals surface area contributed by atoms with E-state index in [1.54, 1.807) is 0 Å². The molecule has 1 heterocycles. The van der Waals surface area contributed by atoms with Crippen molar-refractivity contribution in [2.24, 2.45) is 0 Å². The minimum absolute atomic E-state index is 0.0766. The van der Waals surface area contributed by atoms with Gasteiger partial charge in [0.1, 0.15) is 16.8 Å². The Labute approximate surface area is 146 Å². The lowest BCUT2D eigenvalue weighted by Crippen LogP contribution is -2.29. The van der Waals surface area contributed by atoms with Crippen LogP contribution >= 0.6 is 11.6 Å². The van der Waals surface area contributed by atoms with E-state index >= 15 is 0 Å². The van der Waals surface area contributed by atoms with Gasteiger partial charge in [0.15, 0.2) is 5.78 Å². The fraction of sp³-hybridized carbons (Fsp3) is 0.0556. The van der Waals surface area contributed by atoms with E-state index in [0.717, 1.165) is 12.1 Å². The molecule has 0 aliphatic rings. The Bertz CT molecular complexity index is 975. The minimum Gasteiger partial charge on any atom is -0.344 e. The summed E-state index contributed by atoms with van der Waals surface area (Å²) in [5.74, 6) is -1.87. The molecule has 2 aromatic carbocycles. The molecule has 0 aliphatic heterocycles. The molecule has 0 saturated carbocycles. The Hall–Kier alpha value is -2.86. The van der Waals surface area contributed by atoms with Crippen molar-refractivity contribution in [3.05, 3.63) is 76.4 Å². The molecule has 0 atom stereocenters. The molecule has 1 amide bonds. The maximum absolute atomic E-state index is 13.2. The number of Topliss-reactive ketones (excluding diaryl/α,β-unsaturated/α-hetero) is 1. The molecule has 126 valence electrons. The van der Waals surface area contributed by atoms with Crippen LogP contribution in [-0.2, 0) is 0 Å². The number of amides is 1. The van der Waals surface area contributed by atoms with Gasteiger partial charge in [-0.2, -0.15) is 0 Å². The van der Waals surface area contributed by atoms with Crippen LogP contribution in [0.4, 0.5) is 8.78 Å². The summed E-state index contributed by atoms with van der Waals surface area (Å²) in [4.78, 5) is 28.2. The van der Waals surface area contributed by atoms with Gasteiger partial charge >= 0.3 is 0 Å². The summed E-state index contributed by atoms with van der Waals surface area (Å²) in [6.07, 6.45) is 0. The smallest absolute Gasteiger partial charge is 0.254 e. The van der Waals surface area contributed by atoms with Gasteiger partial charge in [0, 0.05) is 17.0 Å². The summed E-state index contributed by atoms with van der Waals surface area (Å²) < 4.78 is 26.1. The fourth-order valence-corrected chi connectivity index (χ4v) is 2.50. The van der Waals surface area contributed by atoms with E-state index in [1.807, 2.05) is 0 Å². The fourth-order valence-electron chi connectivity index (χ4n) is 2.27. The van der Waals surface area contributed by atoms with Gasteiger partial charge in [0.2, 0.25) is 0 Å². The van der Waals surface area contributed by atoms with Gasteiger partial charge in [-0.15, -0.1) is 0 Å². The Balaban J connectivity index is 1.75. The highest BCUT2D eigenvalue weighted by atomic mass is 35.5. The second kappa shape index (κ2) is 6.94. The van der Waals surface area contributed by atoms with Crippen molar-refractivity contribution in [3.63, 3.8) is 0 Å². The van der Waals surface area contributed by atoms with Crippen molar-refractivity contribution >= 4 is 34.2 Å². The minimum atomic E-state index is -0.584. The number of hydrogen-bond acceptors (Lipinski definition) is 3. The van der Waals surface area contributed by atoms with Crippen LogP contribution in [0.2, 0.25) is 5.15 Å². The number of pyridine rings is 1. The molecule has 0 spiro atoms. The Kier molecular flexibility index (Phi) is 4.72. The number of fused-ring (bicyclic) bond motifs is 1. The van der Waals surface area contributed by atoms with Crippen LogP contribution < -0.4 is 5.32 Å². The van der Waals surface area contributed by atoms with Crippen LogP contribution in [0.25, 0.3) is 10.9 Å². The van der Waals surface area contributed by atoms with E-state index in [9.17, 15) is 18.4 Å². The summed E-state index contributed by atoms with van der Waals surface area (Å²) in [5.41, 5.74) is 0.677. The van der Waals surface area contributed by atoms with Crippen molar-refractivity contribution in [1.82, 2.24) is 10.3 Å². The first kappa shape index (κ1) is 17.0. The quantitative estimate of drug-likeness (QED) is 0.569. The molecule has 0 bridgehead atoms. The van der Waals surface area contributed by atoms with Gasteiger partial charge < -0.3 is 5.32 Å². The number of halogens is 3. The molecule has 7 heteroatoms. The zero-order valence-corrected chi connectivity index (χ0v) is 13.5. The molecule has 4 nitrogen and oxygen atoms in total. The van der Waals surface area contributed by atoms with Crippen LogP contribution in [0.5, 0.6) is 0 Å². The third kappa shape index (κ3) is 3.80. The summed E-state index contributed by atoms with van der Waals surface area (Å²) in [7, 11) is 0. The Morgan fingerprint density at radius 2 is 1.68 bits per heavy atom. The standard InChI is InChI=1S/C18H11ClF2N2O2/c19-17-14(7-11-3-6-13(21)8-15(11)23-17)18(25)22-9-16(24)10-1-4-12(20)5-2-10/h1-8H,9H2,(H,22,25). The van der Waals surface area contributed by atoms with Gasteiger partial charge in [-0.1, -0.05) is 11.6 Å². The highest BCUT2D eigenvalue weighted by Crippen LogP contribution is 2.21. The van der Waals surface area contributed by atoms with Crippen LogP contribution in [0, 0.1) is 11.6 Å². The molecule has 0 aliphatic carbocycles. The molecule has 0 radical (unpaired) electrons. The molecule has 25 heavy (non-hydrogen) atoms. The van der Waals surface area contributed by atoms with Crippen molar-refractivity contribution in [3.8, 4) is 0 Å². The average Bonchev–Trinajstić information content (AvgIpc) is 2.59. The van der Waals surface area contributed by atoms with Gasteiger partial charge in [-0.25, -0.2) is 13.8 Å². The predicted octanol–water partition coefficient (Wildman–Crippen LogP) is 3.78. The second-order valence-corrected chi connectivity index (χ2v) is 5.63. The lowest BCUT2D eigenvalue weighted by molar-refractivity contribution is 0.0904. The molecule has 3 aromatic rings. The first-order chi connectivity index (χ1) is 11.9. The van der Waals surface area contributed by atoms with Gasteiger partial charge in [0.05, 0.1) is 17.6 Å². The number of rotatable bonds is 4.